The number of rotatable bonds is 2. The standard InChI is InChI=1S/C13H13N4O.C4H9.Sn/c1-3-7-16-11(5-1)10-9-14-17(13(10)15-16)12-6-2-4-8-18-12;1-4(2)3;/h1,3,5,7,12H,2,4,6,8H2;1-3H3;. The number of hydrogen-bond donors (Lipinski definition) is 0. The molecule has 1 unspecified atom stereocenters. The van der Waals surface area contributed by atoms with Gasteiger partial charge in [-0.3, -0.25) is 0 Å². The molecule has 1 aliphatic rings. The van der Waals surface area contributed by atoms with Gasteiger partial charge in [-0.1, -0.05) is 0 Å². The summed E-state index contributed by atoms with van der Waals surface area (Å²) in [6, 6.07) is 6.25. The Morgan fingerprint density at radius 2 is 2.09 bits per heavy atom. The van der Waals surface area contributed by atoms with Crippen LogP contribution in [0.15, 0.2) is 24.4 Å². The van der Waals surface area contributed by atoms with E-state index in [2.05, 4.69) is 37.6 Å². The second-order valence-electron chi connectivity index (χ2n) is 7.22. The van der Waals surface area contributed by atoms with Gasteiger partial charge in [0.25, 0.3) is 0 Å². The van der Waals surface area contributed by atoms with Crippen molar-refractivity contribution in [3.8, 4) is 0 Å². The Morgan fingerprint density at radius 3 is 2.83 bits per heavy atom. The van der Waals surface area contributed by atoms with Crippen LogP contribution in [0.1, 0.15) is 46.3 Å². The van der Waals surface area contributed by atoms with Crippen LogP contribution in [0.3, 0.4) is 0 Å². The maximum absolute atomic E-state index is 5.98. The van der Waals surface area contributed by atoms with Gasteiger partial charge in [0.05, 0.1) is 0 Å². The number of pyridine rings is 1. The third kappa shape index (κ3) is 2.89. The SMILES string of the molecule is C[C](C)(C)[Sn][c]1nn(C2CCCCO2)c2nn3ccccc3c12. The van der Waals surface area contributed by atoms with Gasteiger partial charge in [-0.15, -0.1) is 0 Å². The van der Waals surface area contributed by atoms with Crippen LogP contribution < -0.4 is 3.71 Å². The van der Waals surface area contributed by atoms with Crippen LogP contribution >= 0.6 is 0 Å². The summed E-state index contributed by atoms with van der Waals surface area (Å²) in [7, 11) is 0. The van der Waals surface area contributed by atoms with Gasteiger partial charge < -0.3 is 0 Å². The van der Waals surface area contributed by atoms with Crippen LogP contribution in [0, 0.1) is 0 Å². The quantitative estimate of drug-likeness (QED) is 0.603. The third-order valence-electron chi connectivity index (χ3n) is 4.10. The molecule has 1 aliphatic heterocycles. The van der Waals surface area contributed by atoms with Crippen molar-refractivity contribution in [2.45, 2.75) is 49.7 Å². The fourth-order valence-electron chi connectivity index (χ4n) is 3.14. The van der Waals surface area contributed by atoms with Crippen molar-refractivity contribution in [1.29, 1.82) is 0 Å². The van der Waals surface area contributed by atoms with Crippen molar-refractivity contribution >= 4 is 41.4 Å². The number of hydrogen-bond acceptors (Lipinski definition) is 3. The summed E-state index contributed by atoms with van der Waals surface area (Å²) in [4.78, 5) is 0. The van der Waals surface area contributed by atoms with E-state index < -0.39 is 21.1 Å². The van der Waals surface area contributed by atoms with E-state index in [0.29, 0.717) is 3.43 Å². The fourth-order valence-corrected chi connectivity index (χ4v) is 6.66. The summed E-state index contributed by atoms with van der Waals surface area (Å²) in [5.41, 5.74) is 2.16. The van der Waals surface area contributed by atoms with Crippen LogP contribution in [0.2, 0.25) is 3.43 Å². The second-order valence-corrected chi connectivity index (χ2v) is 13.6. The van der Waals surface area contributed by atoms with Gasteiger partial charge in [0.15, 0.2) is 0 Å². The molecule has 5 nitrogen and oxygen atoms in total. The Labute approximate surface area is 146 Å². The monoisotopic (exact) mass is 418 g/mol. The summed E-state index contributed by atoms with van der Waals surface area (Å²) in [6.45, 7) is 7.81. The molecule has 3 aromatic rings. The van der Waals surface area contributed by atoms with Crippen LogP contribution in [0.25, 0.3) is 16.6 Å². The molecule has 1 atom stereocenters. The van der Waals surface area contributed by atoms with E-state index in [-0.39, 0.29) is 6.23 Å². The predicted molar refractivity (Wildman–Crippen MR) is 92.4 cm³/mol. The molecule has 4 rings (SSSR count). The molecule has 0 bridgehead atoms. The first-order valence-corrected chi connectivity index (χ1v) is 11.1. The van der Waals surface area contributed by atoms with E-state index in [0.717, 1.165) is 25.1 Å². The first-order valence-electron chi connectivity index (χ1n) is 8.28. The van der Waals surface area contributed by atoms with Crippen LogP contribution in [-0.2, 0) is 4.74 Å². The van der Waals surface area contributed by atoms with Crippen molar-refractivity contribution in [1.82, 2.24) is 19.4 Å². The molecule has 0 N–H and O–H groups in total. The summed E-state index contributed by atoms with van der Waals surface area (Å²) in [6.07, 6.45) is 5.45. The van der Waals surface area contributed by atoms with E-state index in [1.54, 1.807) is 0 Å². The average Bonchev–Trinajstić information content (AvgIpc) is 3.05. The fraction of sp³-hybridized carbons (Fsp3) is 0.529. The van der Waals surface area contributed by atoms with Gasteiger partial charge >= 0.3 is 146 Å². The normalized spacial score (nSPS) is 19.7. The molecule has 3 aromatic heterocycles. The van der Waals surface area contributed by atoms with Gasteiger partial charge in [0.2, 0.25) is 0 Å². The molecule has 6 heteroatoms. The molecule has 2 radical (unpaired) electrons. The number of ether oxygens (including phenoxy) is 1. The van der Waals surface area contributed by atoms with Crippen molar-refractivity contribution in [2.75, 3.05) is 6.61 Å². The van der Waals surface area contributed by atoms with E-state index >= 15 is 0 Å². The van der Waals surface area contributed by atoms with Gasteiger partial charge in [0, 0.05) is 0 Å². The summed E-state index contributed by atoms with van der Waals surface area (Å²) >= 11 is -0.832. The molecular formula is C17H22N4OSn. The van der Waals surface area contributed by atoms with Crippen LogP contribution in [0.4, 0.5) is 0 Å². The van der Waals surface area contributed by atoms with Gasteiger partial charge in [-0.05, 0) is 0 Å². The van der Waals surface area contributed by atoms with Crippen LogP contribution in [0.5, 0.6) is 0 Å². The zero-order valence-electron chi connectivity index (χ0n) is 13.9. The number of nitrogens with zero attached hydrogens (tertiary/aromatic N) is 4. The number of fused-ring (bicyclic) bond motifs is 3. The molecule has 4 heterocycles. The zero-order valence-corrected chi connectivity index (χ0v) is 16.8. The molecule has 0 spiro atoms. The van der Waals surface area contributed by atoms with Crippen molar-refractivity contribution in [2.24, 2.45) is 0 Å². The molecule has 0 saturated carbocycles. The third-order valence-corrected chi connectivity index (χ3v) is 7.92. The minimum atomic E-state index is -0.832. The molecule has 1 saturated heterocycles. The predicted octanol–water partition coefficient (Wildman–Crippen LogP) is 2.93. The summed E-state index contributed by atoms with van der Waals surface area (Å²) in [5.74, 6) is 0. The molecule has 23 heavy (non-hydrogen) atoms. The number of aromatic nitrogens is 4. The Hall–Kier alpha value is -1.08. The zero-order chi connectivity index (χ0) is 16.0. The Bertz CT molecular complexity index is 839. The average molecular weight is 417 g/mol. The van der Waals surface area contributed by atoms with Gasteiger partial charge in [-0.2, -0.15) is 0 Å². The van der Waals surface area contributed by atoms with E-state index in [1.165, 1.54) is 21.0 Å². The maximum atomic E-state index is 5.98. The molecule has 0 amide bonds. The summed E-state index contributed by atoms with van der Waals surface area (Å²) < 4.78 is 11.7. The molecular weight excluding hydrogens is 395 g/mol. The molecule has 120 valence electrons. The summed E-state index contributed by atoms with van der Waals surface area (Å²) in [5, 5.41) is 11.1. The molecule has 1 fully saturated rings. The van der Waals surface area contributed by atoms with E-state index in [9.17, 15) is 0 Å². The first-order chi connectivity index (χ1) is 11.0. The van der Waals surface area contributed by atoms with E-state index in [4.69, 9.17) is 14.9 Å². The Morgan fingerprint density at radius 1 is 1.22 bits per heavy atom. The van der Waals surface area contributed by atoms with Gasteiger partial charge in [-0.25, -0.2) is 0 Å². The van der Waals surface area contributed by atoms with Gasteiger partial charge in [0.1, 0.15) is 0 Å². The molecule has 0 aromatic carbocycles. The Balaban J connectivity index is 1.92. The molecule has 0 aliphatic carbocycles. The Kier molecular flexibility index (Phi) is 3.88. The van der Waals surface area contributed by atoms with Crippen molar-refractivity contribution < 1.29 is 4.74 Å². The van der Waals surface area contributed by atoms with Crippen molar-refractivity contribution in [3.63, 3.8) is 0 Å². The minimum absolute atomic E-state index is 0.0456. The topological polar surface area (TPSA) is 44.3 Å². The second kappa shape index (κ2) is 5.77. The van der Waals surface area contributed by atoms with E-state index in [1.807, 2.05) is 16.8 Å². The van der Waals surface area contributed by atoms with Crippen molar-refractivity contribution in [3.05, 3.63) is 24.4 Å². The van der Waals surface area contributed by atoms with Crippen LogP contribution in [-0.4, -0.2) is 47.1 Å². The first kappa shape index (κ1) is 15.4.